The van der Waals surface area contributed by atoms with E-state index in [1.165, 1.54) is 11.5 Å². The molecule has 0 fully saturated rings. The van der Waals surface area contributed by atoms with Gasteiger partial charge in [-0.3, -0.25) is 0 Å². The third-order valence-corrected chi connectivity index (χ3v) is 3.15. The summed E-state index contributed by atoms with van der Waals surface area (Å²) in [4.78, 5) is 10.5. The minimum absolute atomic E-state index is 0.611. The first kappa shape index (κ1) is 10.3. The second-order valence-electron chi connectivity index (χ2n) is 3.35. The number of hydrogen-bond donors (Lipinski definition) is 1. The van der Waals surface area contributed by atoms with Crippen LogP contribution in [0.2, 0.25) is 0 Å². The Labute approximate surface area is 92.1 Å². The highest BCUT2D eigenvalue weighted by atomic mass is 32.1. The normalized spacial score (nSPS) is 10.9. The monoisotopic (exact) mass is 223 g/mol. The Bertz CT molecular complexity index is 466. The molecule has 0 amide bonds. The summed E-state index contributed by atoms with van der Waals surface area (Å²) >= 11 is 1.44. The molecule has 0 aromatic carbocycles. The summed E-state index contributed by atoms with van der Waals surface area (Å²) in [5.74, 6) is 0.913. The molecule has 0 spiro atoms. The highest BCUT2D eigenvalue weighted by Crippen LogP contribution is 2.27. The summed E-state index contributed by atoms with van der Waals surface area (Å²) in [5.41, 5.74) is 7.42. The van der Waals surface area contributed by atoms with E-state index in [4.69, 9.17) is 5.73 Å². The molecule has 2 rings (SSSR count). The van der Waals surface area contributed by atoms with E-state index in [9.17, 15) is 0 Å². The van der Waals surface area contributed by atoms with Gasteiger partial charge in [-0.25, -0.2) is 9.97 Å². The molecule has 6 heteroatoms. The number of nitrogens with two attached hydrogens (primary N) is 1. The maximum absolute atomic E-state index is 5.52. The van der Waals surface area contributed by atoms with Gasteiger partial charge in [0.1, 0.15) is 16.5 Å². The molecular weight excluding hydrogens is 210 g/mol. The van der Waals surface area contributed by atoms with Gasteiger partial charge in [-0.05, 0) is 18.5 Å². The van der Waals surface area contributed by atoms with Crippen LogP contribution in [-0.2, 0) is 0 Å². The zero-order valence-electron chi connectivity index (χ0n) is 8.77. The van der Waals surface area contributed by atoms with Crippen molar-refractivity contribution in [3.8, 4) is 0 Å². The van der Waals surface area contributed by atoms with Crippen LogP contribution < -0.4 is 10.6 Å². The highest BCUT2D eigenvalue weighted by Gasteiger charge is 2.12. The molecule has 80 valence electrons. The van der Waals surface area contributed by atoms with E-state index in [2.05, 4.69) is 14.3 Å². The van der Waals surface area contributed by atoms with E-state index >= 15 is 0 Å². The Kier molecular flexibility index (Phi) is 2.79. The Morgan fingerprint density at radius 3 is 3.00 bits per heavy atom. The standard InChI is InChI=1S/C9H13N5S/c1-6-7-8(15-13-6)9(12-5-11-7)14(2)4-3-10/h5H,3-4,10H2,1-2H3. The Morgan fingerprint density at radius 2 is 2.27 bits per heavy atom. The first-order chi connectivity index (χ1) is 7.24. The number of fused-ring (bicyclic) bond motifs is 1. The smallest absolute Gasteiger partial charge is 0.151 e. The average Bonchev–Trinajstić information content (AvgIpc) is 2.61. The molecule has 0 bridgehead atoms. The molecule has 2 N–H and O–H groups in total. The van der Waals surface area contributed by atoms with Gasteiger partial charge in [-0.2, -0.15) is 4.37 Å². The van der Waals surface area contributed by atoms with Gasteiger partial charge in [-0.1, -0.05) is 0 Å². The molecule has 5 nitrogen and oxygen atoms in total. The van der Waals surface area contributed by atoms with Gasteiger partial charge >= 0.3 is 0 Å². The summed E-state index contributed by atoms with van der Waals surface area (Å²) in [6.45, 7) is 3.35. The Morgan fingerprint density at radius 1 is 1.47 bits per heavy atom. The third-order valence-electron chi connectivity index (χ3n) is 2.23. The van der Waals surface area contributed by atoms with Crippen LogP contribution in [0, 0.1) is 6.92 Å². The minimum Gasteiger partial charge on any atom is -0.357 e. The second kappa shape index (κ2) is 4.08. The van der Waals surface area contributed by atoms with Crippen molar-refractivity contribution >= 4 is 27.6 Å². The van der Waals surface area contributed by atoms with E-state index < -0.39 is 0 Å². The number of anilines is 1. The van der Waals surface area contributed by atoms with Crippen LogP contribution in [0.25, 0.3) is 10.2 Å². The molecule has 2 aromatic rings. The molecule has 0 aliphatic carbocycles. The van der Waals surface area contributed by atoms with Crippen molar-refractivity contribution in [2.24, 2.45) is 5.73 Å². The van der Waals surface area contributed by atoms with Crippen LogP contribution in [0.3, 0.4) is 0 Å². The van der Waals surface area contributed by atoms with Crippen LogP contribution in [0.15, 0.2) is 6.33 Å². The lowest BCUT2D eigenvalue weighted by atomic mass is 10.3. The lowest BCUT2D eigenvalue weighted by Gasteiger charge is -2.16. The predicted molar refractivity (Wildman–Crippen MR) is 62.3 cm³/mol. The van der Waals surface area contributed by atoms with Crippen LogP contribution >= 0.6 is 11.5 Å². The number of aromatic nitrogens is 3. The van der Waals surface area contributed by atoms with Gasteiger partial charge in [-0.15, -0.1) is 0 Å². The van der Waals surface area contributed by atoms with E-state index in [1.807, 2.05) is 18.9 Å². The van der Waals surface area contributed by atoms with Crippen molar-refractivity contribution in [1.82, 2.24) is 14.3 Å². The first-order valence-electron chi connectivity index (χ1n) is 4.72. The summed E-state index contributed by atoms with van der Waals surface area (Å²) < 4.78 is 5.31. The van der Waals surface area contributed by atoms with E-state index in [0.29, 0.717) is 6.54 Å². The summed E-state index contributed by atoms with van der Waals surface area (Å²) in [6.07, 6.45) is 1.58. The predicted octanol–water partition coefficient (Wildman–Crippen LogP) is 0.790. The number of likely N-dealkylation sites (N-methyl/N-ethyl adjacent to an activating group) is 1. The molecule has 0 aliphatic rings. The van der Waals surface area contributed by atoms with Crippen molar-refractivity contribution in [3.63, 3.8) is 0 Å². The molecular formula is C9H13N5S. The molecule has 0 aliphatic heterocycles. The van der Waals surface area contributed by atoms with Crippen molar-refractivity contribution in [3.05, 3.63) is 12.0 Å². The van der Waals surface area contributed by atoms with Gasteiger partial charge in [0.15, 0.2) is 5.82 Å². The number of nitrogens with zero attached hydrogens (tertiary/aromatic N) is 4. The zero-order valence-corrected chi connectivity index (χ0v) is 9.58. The summed E-state index contributed by atoms with van der Waals surface area (Å²) in [7, 11) is 1.98. The largest absolute Gasteiger partial charge is 0.357 e. The van der Waals surface area contributed by atoms with Crippen LogP contribution in [0.5, 0.6) is 0 Å². The quantitative estimate of drug-likeness (QED) is 0.833. The van der Waals surface area contributed by atoms with Crippen molar-refractivity contribution in [2.75, 3.05) is 25.0 Å². The third kappa shape index (κ3) is 1.78. The van der Waals surface area contributed by atoms with Gasteiger partial charge in [0.05, 0.1) is 5.69 Å². The highest BCUT2D eigenvalue weighted by molar-refractivity contribution is 7.14. The maximum Gasteiger partial charge on any atom is 0.151 e. The Balaban J connectivity index is 2.51. The van der Waals surface area contributed by atoms with Gasteiger partial charge in [0.25, 0.3) is 0 Å². The Hall–Kier alpha value is -1.27. The van der Waals surface area contributed by atoms with Crippen molar-refractivity contribution in [2.45, 2.75) is 6.92 Å². The van der Waals surface area contributed by atoms with E-state index in [-0.39, 0.29) is 0 Å². The molecule has 2 heterocycles. The van der Waals surface area contributed by atoms with E-state index in [1.54, 1.807) is 6.33 Å². The number of aryl methyl sites for hydroxylation is 1. The fourth-order valence-electron chi connectivity index (χ4n) is 1.44. The topological polar surface area (TPSA) is 67.9 Å². The van der Waals surface area contributed by atoms with Gasteiger partial charge in [0.2, 0.25) is 0 Å². The molecule has 2 aromatic heterocycles. The van der Waals surface area contributed by atoms with Crippen molar-refractivity contribution < 1.29 is 0 Å². The number of rotatable bonds is 3. The summed E-state index contributed by atoms with van der Waals surface area (Å²) in [5, 5.41) is 0. The molecule has 15 heavy (non-hydrogen) atoms. The fraction of sp³-hybridized carbons (Fsp3) is 0.444. The van der Waals surface area contributed by atoms with Crippen LogP contribution in [0.4, 0.5) is 5.82 Å². The summed E-state index contributed by atoms with van der Waals surface area (Å²) in [6, 6.07) is 0. The van der Waals surface area contributed by atoms with E-state index in [0.717, 1.165) is 28.3 Å². The maximum atomic E-state index is 5.52. The molecule has 0 unspecified atom stereocenters. The number of hydrogen-bond acceptors (Lipinski definition) is 6. The minimum atomic E-state index is 0.611. The lowest BCUT2D eigenvalue weighted by Crippen LogP contribution is -2.25. The van der Waals surface area contributed by atoms with Gasteiger partial charge < -0.3 is 10.6 Å². The van der Waals surface area contributed by atoms with Gasteiger partial charge in [0, 0.05) is 20.1 Å². The van der Waals surface area contributed by atoms with Crippen LogP contribution in [0.1, 0.15) is 5.69 Å². The van der Waals surface area contributed by atoms with Crippen LogP contribution in [-0.4, -0.2) is 34.5 Å². The second-order valence-corrected chi connectivity index (χ2v) is 4.13. The lowest BCUT2D eigenvalue weighted by molar-refractivity contribution is 0.871. The average molecular weight is 223 g/mol. The molecule has 0 atom stereocenters. The SMILES string of the molecule is Cc1nsc2c(N(C)CCN)ncnc12. The molecule has 0 radical (unpaired) electrons. The van der Waals surface area contributed by atoms with Crippen molar-refractivity contribution in [1.29, 1.82) is 0 Å². The zero-order chi connectivity index (χ0) is 10.8. The fourth-order valence-corrected chi connectivity index (χ4v) is 2.33. The molecule has 0 saturated carbocycles. The first-order valence-corrected chi connectivity index (χ1v) is 5.49. The molecule has 0 saturated heterocycles.